The fraction of sp³-hybridized carbons (Fsp3) is 0.333. The number of nitrogens with one attached hydrogen (secondary N) is 2. The molecule has 10 heteroatoms. The van der Waals surface area contributed by atoms with Crippen LogP contribution in [-0.4, -0.2) is 60.0 Å². The molecule has 0 spiro atoms. The fourth-order valence-electron chi connectivity index (χ4n) is 4.69. The van der Waals surface area contributed by atoms with Crippen LogP contribution in [0.1, 0.15) is 47.4 Å². The van der Waals surface area contributed by atoms with Crippen molar-refractivity contribution in [3.63, 3.8) is 0 Å². The van der Waals surface area contributed by atoms with Crippen LogP contribution in [0.25, 0.3) is 17.0 Å². The Bertz CT molecular complexity index is 1470. The van der Waals surface area contributed by atoms with E-state index < -0.39 is 35.6 Å². The predicted octanol–water partition coefficient (Wildman–Crippen LogP) is 3.77. The normalized spacial score (nSPS) is 18.1. The van der Waals surface area contributed by atoms with Crippen LogP contribution < -0.4 is 10.6 Å². The Morgan fingerprint density at radius 1 is 1.10 bits per heavy atom. The van der Waals surface area contributed by atoms with E-state index in [4.69, 9.17) is 4.74 Å². The monoisotopic (exact) mass is 548 g/mol. The van der Waals surface area contributed by atoms with Gasteiger partial charge in [0.1, 0.15) is 23.4 Å². The van der Waals surface area contributed by atoms with Gasteiger partial charge in [0.2, 0.25) is 11.8 Å². The molecule has 2 fully saturated rings. The Hall–Kier alpha value is -4.18. The first-order valence-corrected chi connectivity index (χ1v) is 13.3. The molecule has 0 bridgehead atoms. The Labute approximate surface area is 230 Å². The molecule has 2 N–H and O–H groups in total. The Kier molecular flexibility index (Phi) is 8.16. The standard InChI is InChI=1S/C30H30F2N4O4/c1-18(24-9-7-22(31)14-20(24)5-4-19-2-3-19)34-30(39)27-17-40-13-12-36(27)28(37)16-33-29(38)26-10-6-21-15-23(32)8-11-25(21)35-26/h4-11,14-15,18-19,27H,2-3,12-13,16-17H2,1H3,(H,33,38)(H,34,39)/b5-4+/t18-,27-/m0/s1. The molecule has 2 heterocycles. The first kappa shape index (κ1) is 27.4. The van der Waals surface area contributed by atoms with Crippen LogP contribution in [0.3, 0.4) is 0 Å². The van der Waals surface area contributed by atoms with E-state index in [0.717, 1.165) is 18.4 Å². The van der Waals surface area contributed by atoms with Crippen LogP contribution in [0.15, 0.2) is 54.6 Å². The minimum Gasteiger partial charge on any atom is -0.377 e. The molecule has 5 rings (SSSR count). The van der Waals surface area contributed by atoms with Crippen LogP contribution in [0, 0.1) is 17.6 Å². The zero-order valence-corrected chi connectivity index (χ0v) is 22.0. The Morgan fingerprint density at radius 2 is 1.88 bits per heavy atom. The lowest BCUT2D eigenvalue weighted by atomic mass is 10.00. The van der Waals surface area contributed by atoms with Gasteiger partial charge >= 0.3 is 0 Å². The third-order valence-electron chi connectivity index (χ3n) is 7.08. The quantitative estimate of drug-likeness (QED) is 0.447. The van der Waals surface area contributed by atoms with E-state index in [2.05, 4.69) is 21.7 Å². The van der Waals surface area contributed by atoms with Gasteiger partial charge in [0.15, 0.2) is 0 Å². The zero-order chi connectivity index (χ0) is 28.2. The molecule has 3 aromatic rings. The number of morpholine rings is 1. The highest BCUT2D eigenvalue weighted by molar-refractivity contribution is 5.97. The summed E-state index contributed by atoms with van der Waals surface area (Å²) < 4.78 is 32.8. The van der Waals surface area contributed by atoms with Gasteiger partial charge < -0.3 is 20.3 Å². The molecule has 2 aliphatic rings. The smallest absolute Gasteiger partial charge is 0.270 e. The Morgan fingerprint density at radius 3 is 2.67 bits per heavy atom. The fourth-order valence-corrected chi connectivity index (χ4v) is 4.69. The molecule has 1 aliphatic heterocycles. The highest BCUT2D eigenvalue weighted by Crippen LogP contribution is 2.32. The van der Waals surface area contributed by atoms with Crippen molar-refractivity contribution < 1.29 is 27.9 Å². The second kappa shape index (κ2) is 11.9. The van der Waals surface area contributed by atoms with E-state index in [1.807, 2.05) is 6.08 Å². The number of rotatable bonds is 8. The summed E-state index contributed by atoms with van der Waals surface area (Å²) in [5.74, 6) is -1.66. The summed E-state index contributed by atoms with van der Waals surface area (Å²) >= 11 is 0. The predicted molar refractivity (Wildman–Crippen MR) is 145 cm³/mol. The van der Waals surface area contributed by atoms with Crippen molar-refractivity contribution in [2.24, 2.45) is 5.92 Å². The minimum absolute atomic E-state index is 0.0128. The SMILES string of the molecule is C[C@H](NC(=O)[C@@H]1COCCN1C(=O)CNC(=O)c1ccc2cc(F)ccc2n1)c1ccc(F)cc1/C=C/C1CC1. The van der Waals surface area contributed by atoms with Crippen molar-refractivity contribution in [2.45, 2.75) is 31.8 Å². The molecule has 8 nitrogen and oxygen atoms in total. The first-order chi connectivity index (χ1) is 19.3. The van der Waals surface area contributed by atoms with Gasteiger partial charge in [0.25, 0.3) is 5.91 Å². The Balaban J connectivity index is 1.22. The van der Waals surface area contributed by atoms with Gasteiger partial charge in [-0.2, -0.15) is 0 Å². The highest BCUT2D eigenvalue weighted by atomic mass is 19.1. The van der Waals surface area contributed by atoms with Crippen LogP contribution in [0.2, 0.25) is 0 Å². The van der Waals surface area contributed by atoms with E-state index in [-0.39, 0.29) is 37.8 Å². The van der Waals surface area contributed by atoms with Crippen LogP contribution >= 0.6 is 0 Å². The number of hydrogen-bond donors (Lipinski definition) is 2. The molecule has 1 saturated heterocycles. The summed E-state index contributed by atoms with van der Waals surface area (Å²) in [5, 5.41) is 6.04. The molecule has 208 valence electrons. The molecule has 2 aromatic carbocycles. The number of ether oxygens (including phenoxy) is 1. The maximum Gasteiger partial charge on any atom is 0.270 e. The molecule has 0 unspecified atom stereocenters. The van der Waals surface area contributed by atoms with Gasteiger partial charge in [-0.15, -0.1) is 0 Å². The average molecular weight is 549 g/mol. The number of aromatic nitrogens is 1. The van der Waals surface area contributed by atoms with E-state index in [1.165, 1.54) is 41.3 Å². The van der Waals surface area contributed by atoms with Crippen LogP contribution in [0.5, 0.6) is 0 Å². The van der Waals surface area contributed by atoms with Crippen molar-refractivity contribution in [2.75, 3.05) is 26.3 Å². The van der Waals surface area contributed by atoms with Gasteiger partial charge in [-0.1, -0.05) is 24.3 Å². The topological polar surface area (TPSA) is 101 Å². The summed E-state index contributed by atoms with van der Waals surface area (Å²) in [6.07, 6.45) is 6.20. The summed E-state index contributed by atoms with van der Waals surface area (Å²) in [4.78, 5) is 44.6. The van der Waals surface area contributed by atoms with Crippen LogP contribution in [-0.2, 0) is 14.3 Å². The molecule has 1 saturated carbocycles. The van der Waals surface area contributed by atoms with Crippen molar-refractivity contribution in [1.82, 2.24) is 20.5 Å². The summed E-state index contributed by atoms with van der Waals surface area (Å²) in [6.45, 7) is 1.93. The summed E-state index contributed by atoms with van der Waals surface area (Å²) in [5.41, 5.74) is 2.00. The van der Waals surface area contributed by atoms with Gasteiger partial charge in [-0.25, -0.2) is 13.8 Å². The van der Waals surface area contributed by atoms with Gasteiger partial charge in [-0.3, -0.25) is 14.4 Å². The number of benzene rings is 2. The molecule has 40 heavy (non-hydrogen) atoms. The minimum atomic E-state index is -0.889. The third-order valence-corrected chi connectivity index (χ3v) is 7.08. The molecule has 0 radical (unpaired) electrons. The lowest BCUT2D eigenvalue weighted by Gasteiger charge is -2.35. The average Bonchev–Trinajstić information content (AvgIpc) is 3.79. The number of nitrogens with zero attached hydrogens (tertiary/aromatic N) is 2. The number of halogens is 2. The van der Waals surface area contributed by atoms with Crippen molar-refractivity contribution in [3.05, 3.63) is 83.1 Å². The zero-order valence-electron chi connectivity index (χ0n) is 22.0. The summed E-state index contributed by atoms with van der Waals surface area (Å²) in [6, 6.07) is 10.2. The maximum absolute atomic E-state index is 13.9. The van der Waals surface area contributed by atoms with Crippen molar-refractivity contribution >= 4 is 34.7 Å². The van der Waals surface area contributed by atoms with Gasteiger partial charge in [-0.05, 0) is 73.2 Å². The van der Waals surface area contributed by atoms with Crippen LogP contribution in [0.4, 0.5) is 8.78 Å². The summed E-state index contributed by atoms with van der Waals surface area (Å²) in [7, 11) is 0. The van der Waals surface area contributed by atoms with E-state index in [0.29, 0.717) is 22.4 Å². The molecular formula is C30H30F2N4O4. The largest absolute Gasteiger partial charge is 0.377 e. The second-order valence-electron chi connectivity index (χ2n) is 10.1. The maximum atomic E-state index is 13.9. The molecule has 2 atom stereocenters. The number of hydrogen-bond acceptors (Lipinski definition) is 5. The first-order valence-electron chi connectivity index (χ1n) is 13.3. The lowest BCUT2D eigenvalue weighted by molar-refractivity contribution is -0.148. The van der Waals surface area contributed by atoms with Gasteiger partial charge in [0, 0.05) is 11.9 Å². The van der Waals surface area contributed by atoms with Crippen molar-refractivity contribution in [1.29, 1.82) is 0 Å². The second-order valence-corrected chi connectivity index (χ2v) is 10.1. The van der Waals surface area contributed by atoms with Crippen molar-refractivity contribution in [3.8, 4) is 0 Å². The number of carbonyl (C=O) groups is 3. The lowest BCUT2D eigenvalue weighted by Crippen LogP contribution is -2.57. The number of amides is 3. The number of carbonyl (C=O) groups excluding carboxylic acids is 3. The molecule has 3 amide bonds. The number of allylic oxidation sites excluding steroid dienone is 1. The molecular weight excluding hydrogens is 518 g/mol. The highest BCUT2D eigenvalue weighted by Gasteiger charge is 2.34. The van der Waals surface area contributed by atoms with E-state index in [1.54, 1.807) is 19.1 Å². The van der Waals surface area contributed by atoms with E-state index in [9.17, 15) is 23.2 Å². The number of fused-ring (bicyclic) bond motifs is 1. The molecule has 1 aliphatic carbocycles. The van der Waals surface area contributed by atoms with Gasteiger partial charge in [0.05, 0.1) is 31.3 Å². The number of pyridine rings is 1. The van der Waals surface area contributed by atoms with E-state index >= 15 is 0 Å². The third kappa shape index (κ3) is 6.51. The molecule has 1 aromatic heterocycles.